The summed E-state index contributed by atoms with van der Waals surface area (Å²) in [5.41, 5.74) is -0.00879. The average molecular weight is 198 g/mol. The van der Waals surface area contributed by atoms with Gasteiger partial charge in [-0.05, 0) is 20.8 Å². The van der Waals surface area contributed by atoms with Crippen molar-refractivity contribution in [2.24, 2.45) is 7.05 Å². The first-order chi connectivity index (χ1) is 6.44. The van der Waals surface area contributed by atoms with E-state index in [9.17, 15) is 0 Å². The molecule has 1 aromatic rings. The minimum absolute atomic E-state index is 0.00879. The van der Waals surface area contributed by atoms with Crippen molar-refractivity contribution in [2.45, 2.75) is 32.9 Å². The first-order valence-electron chi connectivity index (χ1n) is 4.59. The third-order valence-electron chi connectivity index (χ3n) is 1.73. The van der Waals surface area contributed by atoms with Crippen LogP contribution in [0.25, 0.3) is 0 Å². The van der Waals surface area contributed by atoms with Gasteiger partial charge in [-0.3, -0.25) is 4.57 Å². The molecular weight excluding hydrogens is 180 g/mol. The molecule has 0 aliphatic rings. The fraction of sp³-hybridized carbons (Fsp3) is 0.778. The first-order valence-corrected chi connectivity index (χ1v) is 4.59. The molecule has 0 radical (unpaired) electrons. The van der Waals surface area contributed by atoms with Crippen LogP contribution in [0, 0.1) is 0 Å². The van der Waals surface area contributed by atoms with Gasteiger partial charge in [-0.2, -0.15) is 0 Å². The lowest BCUT2D eigenvalue weighted by Crippen LogP contribution is -2.28. The molecule has 0 saturated carbocycles. The maximum absolute atomic E-state index is 5.00. The van der Waals surface area contributed by atoms with Crippen LogP contribution in [-0.4, -0.2) is 27.4 Å². The number of hydrogen-bond acceptors (Lipinski definition) is 4. The van der Waals surface area contributed by atoms with Crippen molar-refractivity contribution in [1.82, 2.24) is 14.8 Å². The largest absolute Gasteiger partial charge is 0.377 e. The molecule has 0 atom stereocenters. The monoisotopic (exact) mass is 198 g/mol. The Kier molecular flexibility index (Phi) is 3.10. The van der Waals surface area contributed by atoms with E-state index < -0.39 is 0 Å². The van der Waals surface area contributed by atoms with Crippen molar-refractivity contribution in [3.63, 3.8) is 0 Å². The zero-order chi connectivity index (χ0) is 10.8. The standard InChI is InChI=1S/C9H18N4O/c1-9(2,3)10-8-12-11-7(6-14-5)13(8)4/h6H2,1-5H3,(H,10,12). The zero-order valence-corrected chi connectivity index (χ0v) is 9.46. The lowest BCUT2D eigenvalue weighted by molar-refractivity contribution is 0.175. The molecule has 1 aromatic heterocycles. The Bertz CT molecular complexity index is 300. The van der Waals surface area contributed by atoms with Crippen LogP contribution in [0.15, 0.2) is 0 Å². The molecule has 0 bridgehead atoms. The summed E-state index contributed by atoms with van der Waals surface area (Å²) in [6.07, 6.45) is 0. The SMILES string of the molecule is COCc1nnc(NC(C)(C)C)n1C. The number of ether oxygens (including phenoxy) is 1. The van der Waals surface area contributed by atoms with Gasteiger partial charge in [0.1, 0.15) is 6.61 Å². The normalized spacial score (nSPS) is 11.8. The predicted octanol–water partition coefficient (Wildman–Crippen LogP) is 1.17. The van der Waals surface area contributed by atoms with Crippen molar-refractivity contribution in [3.8, 4) is 0 Å². The highest BCUT2D eigenvalue weighted by Gasteiger charge is 2.14. The van der Waals surface area contributed by atoms with Gasteiger partial charge in [0.25, 0.3) is 0 Å². The van der Waals surface area contributed by atoms with Gasteiger partial charge in [-0.25, -0.2) is 0 Å². The van der Waals surface area contributed by atoms with Crippen LogP contribution in [-0.2, 0) is 18.4 Å². The van der Waals surface area contributed by atoms with Gasteiger partial charge >= 0.3 is 0 Å². The number of methoxy groups -OCH3 is 1. The Labute approximate surface area is 84.5 Å². The van der Waals surface area contributed by atoms with Gasteiger partial charge in [0.15, 0.2) is 5.82 Å². The number of anilines is 1. The summed E-state index contributed by atoms with van der Waals surface area (Å²) < 4.78 is 6.90. The summed E-state index contributed by atoms with van der Waals surface area (Å²) in [4.78, 5) is 0. The van der Waals surface area contributed by atoms with E-state index in [4.69, 9.17) is 4.74 Å². The second-order valence-corrected chi connectivity index (χ2v) is 4.31. The molecular formula is C9H18N4O. The molecule has 1 rings (SSSR count). The summed E-state index contributed by atoms with van der Waals surface area (Å²) in [5, 5.41) is 11.3. The van der Waals surface area contributed by atoms with Crippen molar-refractivity contribution in [3.05, 3.63) is 5.82 Å². The van der Waals surface area contributed by atoms with Crippen molar-refractivity contribution in [1.29, 1.82) is 0 Å². The van der Waals surface area contributed by atoms with Crippen LogP contribution in [0.1, 0.15) is 26.6 Å². The third kappa shape index (κ3) is 2.70. The minimum atomic E-state index is -0.00879. The topological polar surface area (TPSA) is 52.0 Å². The molecule has 1 heterocycles. The molecule has 0 saturated heterocycles. The maximum Gasteiger partial charge on any atom is 0.224 e. The average Bonchev–Trinajstić information content (AvgIpc) is 2.34. The number of rotatable bonds is 3. The van der Waals surface area contributed by atoms with Crippen LogP contribution < -0.4 is 5.32 Å². The Hall–Kier alpha value is -1.10. The van der Waals surface area contributed by atoms with E-state index in [2.05, 4.69) is 36.3 Å². The Morgan fingerprint density at radius 3 is 2.50 bits per heavy atom. The molecule has 80 valence electrons. The highest BCUT2D eigenvalue weighted by atomic mass is 16.5. The quantitative estimate of drug-likeness (QED) is 0.792. The van der Waals surface area contributed by atoms with Crippen LogP contribution in [0.5, 0.6) is 0 Å². The molecule has 1 N–H and O–H groups in total. The van der Waals surface area contributed by atoms with Gasteiger partial charge in [0.2, 0.25) is 5.95 Å². The van der Waals surface area contributed by atoms with Crippen LogP contribution in [0.2, 0.25) is 0 Å². The maximum atomic E-state index is 5.00. The number of nitrogens with zero attached hydrogens (tertiary/aromatic N) is 3. The Balaban J connectivity index is 2.79. The number of nitrogens with one attached hydrogen (secondary N) is 1. The molecule has 5 heteroatoms. The molecule has 14 heavy (non-hydrogen) atoms. The predicted molar refractivity (Wildman–Crippen MR) is 55.1 cm³/mol. The summed E-state index contributed by atoms with van der Waals surface area (Å²) in [5.74, 6) is 1.59. The molecule has 0 aliphatic heterocycles. The summed E-state index contributed by atoms with van der Waals surface area (Å²) in [6, 6.07) is 0. The summed E-state index contributed by atoms with van der Waals surface area (Å²) in [6.45, 7) is 6.72. The smallest absolute Gasteiger partial charge is 0.224 e. The molecule has 0 amide bonds. The summed E-state index contributed by atoms with van der Waals surface area (Å²) >= 11 is 0. The Morgan fingerprint density at radius 2 is 2.00 bits per heavy atom. The second-order valence-electron chi connectivity index (χ2n) is 4.31. The van der Waals surface area contributed by atoms with Gasteiger partial charge in [-0.15, -0.1) is 10.2 Å². The Morgan fingerprint density at radius 1 is 1.36 bits per heavy atom. The van der Waals surface area contributed by atoms with Gasteiger partial charge < -0.3 is 10.1 Å². The molecule has 0 fully saturated rings. The van der Waals surface area contributed by atoms with E-state index in [-0.39, 0.29) is 5.54 Å². The van der Waals surface area contributed by atoms with E-state index in [1.54, 1.807) is 7.11 Å². The zero-order valence-electron chi connectivity index (χ0n) is 9.46. The van der Waals surface area contributed by atoms with Crippen LogP contribution in [0.4, 0.5) is 5.95 Å². The van der Waals surface area contributed by atoms with E-state index in [1.165, 1.54) is 0 Å². The van der Waals surface area contributed by atoms with E-state index in [0.717, 1.165) is 11.8 Å². The van der Waals surface area contributed by atoms with Crippen molar-refractivity contribution >= 4 is 5.95 Å². The molecule has 5 nitrogen and oxygen atoms in total. The van der Waals surface area contributed by atoms with Crippen molar-refractivity contribution < 1.29 is 4.74 Å². The van der Waals surface area contributed by atoms with Crippen LogP contribution >= 0.6 is 0 Å². The third-order valence-corrected chi connectivity index (χ3v) is 1.73. The fourth-order valence-corrected chi connectivity index (χ4v) is 1.06. The number of aromatic nitrogens is 3. The number of hydrogen-bond donors (Lipinski definition) is 1. The molecule has 0 aromatic carbocycles. The van der Waals surface area contributed by atoms with E-state index >= 15 is 0 Å². The molecule has 0 unspecified atom stereocenters. The first kappa shape index (κ1) is 11.0. The highest BCUT2D eigenvalue weighted by molar-refractivity contribution is 5.28. The lowest BCUT2D eigenvalue weighted by atomic mass is 10.1. The highest BCUT2D eigenvalue weighted by Crippen LogP contribution is 2.12. The van der Waals surface area contributed by atoms with Gasteiger partial charge in [-0.1, -0.05) is 0 Å². The van der Waals surface area contributed by atoms with Gasteiger partial charge in [0.05, 0.1) is 0 Å². The minimum Gasteiger partial charge on any atom is -0.377 e. The van der Waals surface area contributed by atoms with Crippen molar-refractivity contribution in [2.75, 3.05) is 12.4 Å². The van der Waals surface area contributed by atoms with Crippen LogP contribution in [0.3, 0.4) is 0 Å². The van der Waals surface area contributed by atoms with E-state index in [0.29, 0.717) is 6.61 Å². The lowest BCUT2D eigenvalue weighted by Gasteiger charge is -2.20. The fourth-order valence-electron chi connectivity index (χ4n) is 1.06. The van der Waals surface area contributed by atoms with E-state index in [1.807, 2.05) is 11.6 Å². The summed E-state index contributed by atoms with van der Waals surface area (Å²) in [7, 11) is 3.56. The second kappa shape index (κ2) is 3.96. The molecule has 0 spiro atoms. The molecule has 0 aliphatic carbocycles. The van der Waals surface area contributed by atoms with Gasteiger partial charge in [0, 0.05) is 19.7 Å².